The van der Waals surface area contributed by atoms with Gasteiger partial charge in [-0.3, -0.25) is 9.78 Å². The summed E-state index contributed by atoms with van der Waals surface area (Å²) in [5.41, 5.74) is 0.344. The highest BCUT2D eigenvalue weighted by Gasteiger charge is 2.25. The lowest BCUT2D eigenvalue weighted by Gasteiger charge is -2.20. The predicted molar refractivity (Wildman–Crippen MR) is 89.1 cm³/mol. The summed E-state index contributed by atoms with van der Waals surface area (Å²) in [7, 11) is 0. The molecule has 0 radical (unpaired) electrons. The first-order valence-electron chi connectivity index (χ1n) is 7.73. The zero-order chi connectivity index (χ0) is 17.5. The Balaban J connectivity index is 2.12. The number of ether oxygens (including phenoxy) is 1. The highest BCUT2D eigenvalue weighted by molar-refractivity contribution is 5.97. The molecule has 0 spiro atoms. The average molecular weight is 328 g/mol. The molecule has 0 aliphatic carbocycles. The molecule has 0 fully saturated rings. The number of carbonyl (C=O) groups is 2. The van der Waals surface area contributed by atoms with Crippen molar-refractivity contribution in [1.29, 1.82) is 0 Å². The number of pyridine rings is 1. The van der Waals surface area contributed by atoms with Gasteiger partial charge in [-0.05, 0) is 36.2 Å². The predicted octanol–water partition coefficient (Wildman–Crippen LogP) is 3.10. The van der Waals surface area contributed by atoms with Crippen LogP contribution in [0.1, 0.15) is 30.6 Å². The van der Waals surface area contributed by atoms with Gasteiger partial charge in [-0.1, -0.05) is 26.3 Å². The number of carbonyl (C=O) groups excluding carboxylic acids is 1. The summed E-state index contributed by atoms with van der Waals surface area (Å²) in [5.74, 6) is -0.553. The third-order valence-corrected chi connectivity index (χ3v) is 3.75. The lowest BCUT2D eigenvalue weighted by Crippen LogP contribution is -2.45. The van der Waals surface area contributed by atoms with Gasteiger partial charge in [0.15, 0.2) is 0 Å². The van der Waals surface area contributed by atoms with Crippen LogP contribution < -0.4 is 10.1 Å². The van der Waals surface area contributed by atoms with Crippen molar-refractivity contribution in [3.05, 3.63) is 54.4 Å². The molecule has 2 aromatic rings. The Bertz CT molecular complexity index is 703. The van der Waals surface area contributed by atoms with Gasteiger partial charge >= 0.3 is 5.97 Å². The number of benzene rings is 1. The van der Waals surface area contributed by atoms with Gasteiger partial charge in [0, 0.05) is 18.0 Å². The van der Waals surface area contributed by atoms with Crippen molar-refractivity contribution in [1.82, 2.24) is 10.3 Å². The number of aliphatic carboxylic acids is 1. The van der Waals surface area contributed by atoms with Gasteiger partial charge in [0.25, 0.3) is 5.91 Å². The second-order valence-electron chi connectivity index (χ2n) is 5.49. The molecule has 6 heteroatoms. The second-order valence-corrected chi connectivity index (χ2v) is 5.49. The molecule has 1 aromatic carbocycles. The van der Waals surface area contributed by atoms with Gasteiger partial charge in [0.1, 0.15) is 17.5 Å². The quantitative estimate of drug-likeness (QED) is 0.815. The Hall–Kier alpha value is -2.89. The summed E-state index contributed by atoms with van der Waals surface area (Å²) in [6, 6.07) is 9.08. The highest BCUT2D eigenvalue weighted by atomic mass is 16.5. The standard InChI is InChI=1S/C18H20N2O4/c1-3-12(2)16(18(22)23)20-17(21)13-5-4-6-15(11-13)24-14-7-9-19-10-8-14/h4-12,16H,3H2,1-2H3,(H,20,21)(H,22,23)/t12-,16-/m0/s1. The first-order valence-corrected chi connectivity index (χ1v) is 7.73. The van der Waals surface area contributed by atoms with E-state index in [2.05, 4.69) is 10.3 Å². The fourth-order valence-corrected chi connectivity index (χ4v) is 2.15. The fraction of sp³-hybridized carbons (Fsp3) is 0.278. The lowest BCUT2D eigenvalue weighted by molar-refractivity contribution is -0.140. The Morgan fingerprint density at radius 2 is 1.92 bits per heavy atom. The molecule has 2 N–H and O–H groups in total. The van der Waals surface area contributed by atoms with Gasteiger partial charge < -0.3 is 15.2 Å². The van der Waals surface area contributed by atoms with E-state index in [9.17, 15) is 14.7 Å². The summed E-state index contributed by atoms with van der Waals surface area (Å²) < 4.78 is 5.65. The summed E-state index contributed by atoms with van der Waals surface area (Å²) in [6.45, 7) is 3.68. The largest absolute Gasteiger partial charge is 0.480 e. The van der Waals surface area contributed by atoms with Crippen LogP contribution in [0.3, 0.4) is 0 Å². The van der Waals surface area contributed by atoms with Crippen molar-refractivity contribution in [2.45, 2.75) is 26.3 Å². The van der Waals surface area contributed by atoms with Gasteiger partial charge in [-0.25, -0.2) is 4.79 Å². The Kier molecular flexibility index (Phi) is 5.89. The number of rotatable bonds is 7. The first kappa shape index (κ1) is 17.5. The number of hydrogen-bond donors (Lipinski definition) is 2. The van der Waals surface area contributed by atoms with E-state index >= 15 is 0 Å². The van der Waals surface area contributed by atoms with E-state index in [1.54, 1.807) is 55.7 Å². The van der Waals surface area contributed by atoms with Gasteiger partial charge in [-0.15, -0.1) is 0 Å². The molecule has 0 saturated heterocycles. The zero-order valence-electron chi connectivity index (χ0n) is 13.6. The molecule has 0 bridgehead atoms. The number of carboxylic acids is 1. The number of carboxylic acid groups (broad SMARTS) is 1. The Morgan fingerprint density at radius 1 is 1.21 bits per heavy atom. The summed E-state index contributed by atoms with van der Waals surface area (Å²) in [6.07, 6.45) is 3.87. The maximum atomic E-state index is 12.3. The van der Waals surface area contributed by atoms with Gasteiger partial charge in [0.2, 0.25) is 0 Å². The molecule has 0 aliphatic rings. The SMILES string of the molecule is CC[C@H](C)[C@H](NC(=O)c1cccc(Oc2ccncc2)c1)C(=O)O. The molecular weight excluding hydrogens is 308 g/mol. The molecule has 0 saturated carbocycles. The maximum absolute atomic E-state index is 12.3. The summed E-state index contributed by atoms with van der Waals surface area (Å²) in [5, 5.41) is 11.8. The molecule has 1 heterocycles. The van der Waals surface area contributed by atoms with Crippen molar-refractivity contribution in [2.75, 3.05) is 0 Å². The van der Waals surface area contributed by atoms with Crippen LogP contribution in [0.4, 0.5) is 0 Å². The zero-order valence-corrected chi connectivity index (χ0v) is 13.6. The molecule has 24 heavy (non-hydrogen) atoms. The average Bonchev–Trinajstić information content (AvgIpc) is 2.59. The number of hydrogen-bond acceptors (Lipinski definition) is 4. The van der Waals surface area contributed by atoms with E-state index in [0.717, 1.165) is 0 Å². The molecule has 126 valence electrons. The molecule has 1 amide bonds. The van der Waals surface area contributed by atoms with Gasteiger partial charge in [0.05, 0.1) is 0 Å². The van der Waals surface area contributed by atoms with Crippen LogP contribution in [-0.4, -0.2) is 28.0 Å². The molecular formula is C18H20N2O4. The molecule has 2 rings (SSSR count). The normalized spacial score (nSPS) is 12.9. The Labute approximate surface area is 140 Å². The third kappa shape index (κ3) is 4.55. The molecule has 6 nitrogen and oxygen atoms in total. The summed E-state index contributed by atoms with van der Waals surface area (Å²) in [4.78, 5) is 27.6. The lowest BCUT2D eigenvalue weighted by atomic mass is 9.99. The van der Waals surface area contributed by atoms with Crippen molar-refractivity contribution >= 4 is 11.9 Å². The van der Waals surface area contributed by atoms with E-state index in [4.69, 9.17) is 4.74 Å². The van der Waals surface area contributed by atoms with E-state index in [1.807, 2.05) is 6.92 Å². The topological polar surface area (TPSA) is 88.5 Å². The van der Waals surface area contributed by atoms with Gasteiger partial charge in [-0.2, -0.15) is 0 Å². The minimum Gasteiger partial charge on any atom is -0.480 e. The number of nitrogens with one attached hydrogen (secondary N) is 1. The van der Waals surface area contributed by atoms with E-state index in [1.165, 1.54) is 0 Å². The van der Waals surface area contributed by atoms with Crippen molar-refractivity contribution in [2.24, 2.45) is 5.92 Å². The summed E-state index contributed by atoms with van der Waals surface area (Å²) >= 11 is 0. The van der Waals surface area contributed by atoms with Crippen LogP contribution in [0, 0.1) is 5.92 Å². The van der Waals surface area contributed by atoms with Crippen molar-refractivity contribution in [3.63, 3.8) is 0 Å². The van der Waals surface area contributed by atoms with Crippen LogP contribution in [0.5, 0.6) is 11.5 Å². The minimum absolute atomic E-state index is 0.164. The first-order chi connectivity index (χ1) is 11.5. The van der Waals surface area contributed by atoms with Crippen molar-refractivity contribution in [3.8, 4) is 11.5 Å². The monoisotopic (exact) mass is 328 g/mol. The van der Waals surface area contributed by atoms with Crippen molar-refractivity contribution < 1.29 is 19.4 Å². The third-order valence-electron chi connectivity index (χ3n) is 3.75. The fourth-order valence-electron chi connectivity index (χ4n) is 2.15. The minimum atomic E-state index is -1.04. The van der Waals surface area contributed by atoms with E-state index in [-0.39, 0.29) is 5.92 Å². The number of nitrogens with zero attached hydrogens (tertiary/aromatic N) is 1. The Morgan fingerprint density at radius 3 is 2.54 bits per heavy atom. The van der Waals surface area contributed by atoms with Crippen LogP contribution >= 0.6 is 0 Å². The van der Waals surface area contributed by atoms with Crippen LogP contribution in [0.2, 0.25) is 0 Å². The van der Waals surface area contributed by atoms with Crippen LogP contribution in [0.25, 0.3) is 0 Å². The maximum Gasteiger partial charge on any atom is 0.326 e. The molecule has 0 unspecified atom stereocenters. The molecule has 2 atom stereocenters. The number of amides is 1. The van der Waals surface area contributed by atoms with Crippen LogP contribution in [-0.2, 0) is 4.79 Å². The van der Waals surface area contributed by atoms with Crippen LogP contribution in [0.15, 0.2) is 48.8 Å². The smallest absolute Gasteiger partial charge is 0.326 e. The van der Waals surface area contributed by atoms with E-state index in [0.29, 0.717) is 23.5 Å². The number of aromatic nitrogens is 1. The van der Waals surface area contributed by atoms with E-state index < -0.39 is 17.9 Å². The molecule has 0 aliphatic heterocycles. The molecule has 1 aromatic heterocycles. The highest BCUT2D eigenvalue weighted by Crippen LogP contribution is 2.21. The second kappa shape index (κ2) is 8.10.